The number of rotatable bonds is 5. The van der Waals surface area contributed by atoms with Gasteiger partial charge >= 0.3 is 0 Å². The van der Waals surface area contributed by atoms with Crippen molar-refractivity contribution in [1.82, 2.24) is 0 Å². The molecule has 3 atom stereocenters. The molecule has 1 saturated carbocycles. The topological polar surface area (TPSA) is 13.7 Å². The molecule has 0 aromatic heterocycles. The van der Waals surface area contributed by atoms with E-state index < -0.39 is 0 Å². The summed E-state index contributed by atoms with van der Waals surface area (Å²) in [4.78, 5) is 1.75. The van der Waals surface area contributed by atoms with E-state index in [1.54, 1.807) is 4.90 Å². The molecule has 120 valence electrons. The molecule has 2 bridgehead atoms. The minimum Gasteiger partial charge on any atom is -0.489 e. The molecule has 1 aliphatic heterocycles. The molecule has 1 aliphatic carbocycles. The summed E-state index contributed by atoms with van der Waals surface area (Å²) in [6, 6.07) is 9.31. The smallest absolute Gasteiger partial charge is 0.128 e. The van der Waals surface area contributed by atoms with Gasteiger partial charge < -0.3 is 9.64 Å². The highest BCUT2D eigenvalue weighted by atomic mass is 16.5. The Hall–Kier alpha value is -1.28. The number of nitrogens with one attached hydrogen (secondary N) is 1. The van der Waals surface area contributed by atoms with Gasteiger partial charge in [0.25, 0.3) is 0 Å². The zero-order valence-corrected chi connectivity index (χ0v) is 14.3. The van der Waals surface area contributed by atoms with Gasteiger partial charge in [0, 0.05) is 23.8 Å². The van der Waals surface area contributed by atoms with Gasteiger partial charge in [-0.2, -0.15) is 0 Å². The van der Waals surface area contributed by atoms with Gasteiger partial charge in [0.15, 0.2) is 0 Å². The largest absolute Gasteiger partial charge is 0.489 e. The minimum absolute atomic E-state index is 0.498. The number of fused-ring (bicyclic) bond motifs is 2. The van der Waals surface area contributed by atoms with E-state index in [2.05, 4.69) is 51.6 Å². The summed E-state index contributed by atoms with van der Waals surface area (Å²) >= 11 is 0. The average Bonchev–Trinajstić information content (AvgIpc) is 2.66. The Morgan fingerprint density at radius 1 is 1.27 bits per heavy atom. The third-order valence-corrected chi connectivity index (χ3v) is 5.42. The van der Waals surface area contributed by atoms with Gasteiger partial charge in [-0.1, -0.05) is 45.6 Å². The van der Waals surface area contributed by atoms with Crippen molar-refractivity contribution >= 4 is 0 Å². The second-order valence-electron chi connectivity index (χ2n) is 8.48. The number of quaternary nitrogens is 1. The van der Waals surface area contributed by atoms with Gasteiger partial charge in [-0.3, -0.25) is 0 Å². The fraction of sp³-hybridized carbons (Fsp3) is 0.600. The van der Waals surface area contributed by atoms with Crippen LogP contribution >= 0.6 is 0 Å². The van der Waals surface area contributed by atoms with E-state index >= 15 is 0 Å². The molecule has 0 amide bonds. The zero-order valence-electron chi connectivity index (χ0n) is 14.3. The molecule has 22 heavy (non-hydrogen) atoms. The maximum Gasteiger partial charge on any atom is 0.128 e. The predicted octanol–water partition coefficient (Wildman–Crippen LogP) is 3.23. The van der Waals surface area contributed by atoms with Crippen LogP contribution in [-0.4, -0.2) is 19.2 Å². The number of hydrogen-bond acceptors (Lipinski definition) is 1. The summed E-state index contributed by atoms with van der Waals surface area (Å²) in [6.45, 7) is 14.1. The van der Waals surface area contributed by atoms with E-state index in [0.29, 0.717) is 17.4 Å². The Kier molecular flexibility index (Phi) is 4.07. The van der Waals surface area contributed by atoms with E-state index in [0.717, 1.165) is 18.3 Å². The molecule has 1 aromatic rings. The third kappa shape index (κ3) is 3.22. The van der Waals surface area contributed by atoms with Crippen LogP contribution in [0, 0.1) is 10.8 Å². The van der Waals surface area contributed by atoms with Crippen LogP contribution in [0.2, 0.25) is 0 Å². The number of ether oxygens (including phenoxy) is 1. The fourth-order valence-corrected chi connectivity index (χ4v) is 5.14. The van der Waals surface area contributed by atoms with Crippen molar-refractivity contribution in [2.75, 3.05) is 13.2 Å². The molecule has 1 aromatic carbocycles. The molecule has 0 spiro atoms. The normalized spacial score (nSPS) is 32.7. The maximum absolute atomic E-state index is 5.84. The SMILES string of the molecule is C=CCOc1ccccc1C[NH+]1C[C@@]2(C)C[C@H]1CC(C)(C)C2. The molecule has 2 heteroatoms. The van der Waals surface area contributed by atoms with Crippen molar-refractivity contribution in [2.24, 2.45) is 10.8 Å². The third-order valence-electron chi connectivity index (χ3n) is 5.42. The number of para-hydroxylation sites is 1. The van der Waals surface area contributed by atoms with Crippen molar-refractivity contribution in [3.8, 4) is 5.75 Å². The van der Waals surface area contributed by atoms with Gasteiger partial charge in [0.1, 0.15) is 18.9 Å². The highest BCUT2D eigenvalue weighted by molar-refractivity contribution is 5.32. The van der Waals surface area contributed by atoms with Crippen LogP contribution in [0.1, 0.15) is 45.6 Å². The zero-order chi connectivity index (χ0) is 15.8. The lowest BCUT2D eigenvalue weighted by molar-refractivity contribution is -0.928. The Balaban J connectivity index is 1.76. The van der Waals surface area contributed by atoms with Crippen molar-refractivity contribution in [3.05, 3.63) is 42.5 Å². The van der Waals surface area contributed by atoms with Crippen LogP contribution in [0.4, 0.5) is 0 Å². The van der Waals surface area contributed by atoms with Crippen LogP contribution in [0.3, 0.4) is 0 Å². The summed E-state index contributed by atoms with van der Waals surface area (Å²) < 4.78 is 5.84. The number of likely N-dealkylation sites (tertiary alicyclic amines) is 1. The molecule has 1 heterocycles. The Labute approximate surface area is 135 Å². The lowest BCUT2D eigenvalue weighted by Gasteiger charge is -2.37. The Morgan fingerprint density at radius 3 is 2.82 bits per heavy atom. The standard InChI is InChI=1S/C20H29NO/c1-5-10-22-18-9-7-6-8-16(18)13-21-15-20(4)12-17(21)11-19(2,3)14-20/h5-9,17H,1,10-15H2,2-4H3/p+1/t17-,20+/m1/s1. The quantitative estimate of drug-likeness (QED) is 0.824. The Bertz CT molecular complexity index is 550. The summed E-state index contributed by atoms with van der Waals surface area (Å²) in [7, 11) is 0. The Morgan fingerprint density at radius 2 is 2.05 bits per heavy atom. The monoisotopic (exact) mass is 300 g/mol. The summed E-state index contributed by atoms with van der Waals surface area (Å²) in [5, 5.41) is 0. The first-order valence-electron chi connectivity index (χ1n) is 8.57. The van der Waals surface area contributed by atoms with Gasteiger partial charge in [-0.15, -0.1) is 0 Å². The van der Waals surface area contributed by atoms with Crippen LogP contribution in [0.15, 0.2) is 36.9 Å². The molecule has 1 saturated heterocycles. The van der Waals surface area contributed by atoms with Crippen LogP contribution in [-0.2, 0) is 6.54 Å². The molecule has 2 aliphatic rings. The molecule has 0 radical (unpaired) electrons. The highest BCUT2D eigenvalue weighted by Gasteiger charge is 2.52. The van der Waals surface area contributed by atoms with Crippen molar-refractivity contribution in [1.29, 1.82) is 0 Å². The lowest BCUT2D eigenvalue weighted by Crippen LogP contribution is -3.12. The molecule has 1 N–H and O–H groups in total. The van der Waals surface area contributed by atoms with E-state index in [1.165, 1.54) is 31.4 Å². The van der Waals surface area contributed by atoms with Crippen molar-refractivity contribution in [3.63, 3.8) is 0 Å². The van der Waals surface area contributed by atoms with Crippen LogP contribution < -0.4 is 9.64 Å². The van der Waals surface area contributed by atoms with E-state index in [1.807, 2.05) is 6.08 Å². The van der Waals surface area contributed by atoms with E-state index in [9.17, 15) is 0 Å². The van der Waals surface area contributed by atoms with Crippen LogP contribution in [0.5, 0.6) is 5.75 Å². The predicted molar refractivity (Wildman–Crippen MR) is 91.2 cm³/mol. The number of benzene rings is 1. The van der Waals surface area contributed by atoms with Crippen molar-refractivity contribution < 1.29 is 9.64 Å². The fourth-order valence-electron chi connectivity index (χ4n) is 5.14. The summed E-state index contributed by atoms with van der Waals surface area (Å²) in [6.07, 6.45) is 5.93. The lowest BCUT2D eigenvalue weighted by atomic mass is 9.65. The first-order valence-corrected chi connectivity index (χ1v) is 8.57. The van der Waals surface area contributed by atoms with Crippen LogP contribution in [0.25, 0.3) is 0 Å². The maximum atomic E-state index is 5.84. The molecule has 1 unspecified atom stereocenters. The number of hydrogen-bond donors (Lipinski definition) is 1. The van der Waals surface area contributed by atoms with Gasteiger partial charge in [0.05, 0.1) is 12.6 Å². The minimum atomic E-state index is 0.498. The molecule has 2 nitrogen and oxygen atoms in total. The van der Waals surface area contributed by atoms with Gasteiger partial charge in [0.2, 0.25) is 0 Å². The van der Waals surface area contributed by atoms with Gasteiger partial charge in [-0.05, 0) is 24.0 Å². The second kappa shape index (κ2) is 5.73. The molecular weight excluding hydrogens is 270 g/mol. The first-order chi connectivity index (χ1) is 10.4. The average molecular weight is 300 g/mol. The van der Waals surface area contributed by atoms with Crippen molar-refractivity contribution in [2.45, 2.75) is 52.6 Å². The summed E-state index contributed by atoms with van der Waals surface area (Å²) in [5.41, 5.74) is 2.37. The molecular formula is C20H30NO+. The second-order valence-corrected chi connectivity index (χ2v) is 8.48. The van der Waals surface area contributed by atoms with Gasteiger partial charge in [-0.25, -0.2) is 0 Å². The first kappa shape index (κ1) is 15.6. The molecule has 3 rings (SSSR count). The highest BCUT2D eigenvalue weighted by Crippen LogP contribution is 2.47. The molecule has 2 fully saturated rings. The van der Waals surface area contributed by atoms with E-state index in [-0.39, 0.29) is 0 Å². The summed E-state index contributed by atoms with van der Waals surface area (Å²) in [5.74, 6) is 1.03. The van der Waals surface area contributed by atoms with E-state index in [4.69, 9.17) is 4.74 Å².